The lowest BCUT2D eigenvalue weighted by Gasteiger charge is -2.11. The van der Waals surface area contributed by atoms with Gasteiger partial charge in [0.15, 0.2) is 0 Å². The number of benzene rings is 2. The van der Waals surface area contributed by atoms with Crippen molar-refractivity contribution in [2.45, 2.75) is 0 Å². The first-order valence-corrected chi connectivity index (χ1v) is 8.29. The van der Waals surface area contributed by atoms with E-state index in [0.29, 0.717) is 0 Å². The van der Waals surface area contributed by atoms with Crippen LogP contribution in [0.1, 0.15) is 0 Å². The highest BCUT2D eigenvalue weighted by Crippen LogP contribution is 2.43. The maximum Gasteiger partial charge on any atom is 0.0641 e. The van der Waals surface area contributed by atoms with Gasteiger partial charge >= 0.3 is 0 Å². The zero-order valence-electron chi connectivity index (χ0n) is 11.7. The summed E-state index contributed by atoms with van der Waals surface area (Å²) in [6, 6.07) is 24.3. The fourth-order valence-electron chi connectivity index (χ4n) is 3.82. The number of aromatic nitrogens is 1. The predicted molar refractivity (Wildman–Crippen MR) is 96.5 cm³/mol. The lowest BCUT2D eigenvalue weighted by atomic mass is 10.0. The Morgan fingerprint density at radius 1 is 0.727 bits per heavy atom. The summed E-state index contributed by atoms with van der Waals surface area (Å²) < 4.78 is 5.18. The molecule has 0 unspecified atom stereocenters. The molecule has 0 saturated heterocycles. The second-order valence-electron chi connectivity index (χ2n) is 5.86. The maximum atomic E-state index is 2.42. The van der Waals surface area contributed by atoms with Crippen molar-refractivity contribution < 1.29 is 0 Å². The van der Waals surface area contributed by atoms with Crippen LogP contribution in [0.25, 0.3) is 47.5 Å². The molecule has 0 atom stereocenters. The van der Waals surface area contributed by atoms with E-state index in [1.165, 1.54) is 47.5 Å². The lowest BCUT2D eigenvalue weighted by Crippen LogP contribution is -1.91. The average molecular weight is 297 g/mol. The number of fused-ring (bicyclic) bond motifs is 5. The SMILES string of the molecule is c1ccc2c(c1)sc1c2c2cccc3ccc4ccc1n4c32. The van der Waals surface area contributed by atoms with Crippen LogP contribution in [0.5, 0.6) is 0 Å². The maximum absolute atomic E-state index is 2.42. The Morgan fingerprint density at radius 2 is 1.59 bits per heavy atom. The summed E-state index contributed by atoms with van der Waals surface area (Å²) in [7, 11) is 0. The number of pyridine rings is 2. The minimum absolute atomic E-state index is 1.28. The molecule has 0 amide bonds. The Bertz CT molecular complexity index is 1320. The molecule has 2 heteroatoms. The van der Waals surface area contributed by atoms with Crippen LogP contribution in [0.15, 0.2) is 66.7 Å². The van der Waals surface area contributed by atoms with Gasteiger partial charge in [-0.2, -0.15) is 0 Å². The van der Waals surface area contributed by atoms with Crippen LogP contribution in [-0.4, -0.2) is 4.40 Å². The number of para-hydroxylation sites is 1. The van der Waals surface area contributed by atoms with Gasteiger partial charge in [-0.25, -0.2) is 0 Å². The third-order valence-electron chi connectivity index (χ3n) is 4.73. The molecule has 0 spiro atoms. The molecule has 6 rings (SSSR count). The minimum atomic E-state index is 1.28. The molecule has 6 aromatic rings. The van der Waals surface area contributed by atoms with Gasteiger partial charge in [-0.05, 0) is 29.7 Å². The summed E-state index contributed by atoms with van der Waals surface area (Å²) >= 11 is 1.90. The fourth-order valence-corrected chi connectivity index (χ4v) is 5.06. The van der Waals surface area contributed by atoms with Gasteiger partial charge in [-0.3, -0.25) is 0 Å². The molecule has 0 aliphatic rings. The van der Waals surface area contributed by atoms with Crippen molar-refractivity contribution in [1.29, 1.82) is 0 Å². The van der Waals surface area contributed by atoms with Gasteiger partial charge in [0.2, 0.25) is 0 Å². The summed E-state index contributed by atoms with van der Waals surface area (Å²) in [5.41, 5.74) is 3.95. The molecule has 2 aromatic carbocycles. The van der Waals surface area contributed by atoms with E-state index in [1.807, 2.05) is 11.3 Å². The van der Waals surface area contributed by atoms with Gasteiger partial charge in [0, 0.05) is 26.4 Å². The van der Waals surface area contributed by atoms with Crippen molar-refractivity contribution >= 4 is 58.8 Å². The van der Waals surface area contributed by atoms with Crippen LogP contribution in [0, 0.1) is 0 Å². The highest BCUT2D eigenvalue weighted by molar-refractivity contribution is 7.26. The van der Waals surface area contributed by atoms with Crippen LogP contribution in [0.2, 0.25) is 0 Å². The van der Waals surface area contributed by atoms with Gasteiger partial charge in [0.25, 0.3) is 0 Å². The van der Waals surface area contributed by atoms with E-state index in [2.05, 4.69) is 71.1 Å². The summed E-state index contributed by atoms with van der Waals surface area (Å²) in [5.74, 6) is 0. The standard InChI is InChI=1S/C20H11NS/c1-2-7-17-14(5-1)18-15-6-3-4-12-8-9-13-10-11-16(20(18)22-17)21(13)19(12)15/h1-11H. The Hall–Kier alpha value is -2.58. The molecule has 4 aromatic heterocycles. The van der Waals surface area contributed by atoms with Crippen molar-refractivity contribution in [3.63, 3.8) is 0 Å². The van der Waals surface area contributed by atoms with Crippen LogP contribution in [0.3, 0.4) is 0 Å². The van der Waals surface area contributed by atoms with Crippen molar-refractivity contribution in [1.82, 2.24) is 4.40 Å². The zero-order chi connectivity index (χ0) is 14.3. The Balaban J connectivity index is 2.14. The quantitative estimate of drug-likeness (QED) is 0.321. The minimum Gasteiger partial charge on any atom is -0.308 e. The molecule has 1 nitrogen and oxygen atoms in total. The molecule has 0 saturated carbocycles. The lowest BCUT2D eigenvalue weighted by molar-refractivity contribution is 1.35. The monoisotopic (exact) mass is 297 g/mol. The third-order valence-corrected chi connectivity index (χ3v) is 5.93. The number of hydrogen-bond donors (Lipinski definition) is 0. The normalized spacial score (nSPS) is 12.5. The van der Waals surface area contributed by atoms with Crippen LogP contribution in [-0.2, 0) is 0 Å². The van der Waals surface area contributed by atoms with E-state index in [4.69, 9.17) is 0 Å². The van der Waals surface area contributed by atoms with E-state index >= 15 is 0 Å². The highest BCUT2D eigenvalue weighted by Gasteiger charge is 2.16. The number of thiophene rings is 1. The summed E-state index contributed by atoms with van der Waals surface area (Å²) in [4.78, 5) is 0. The summed E-state index contributed by atoms with van der Waals surface area (Å²) in [6.07, 6.45) is 0. The van der Waals surface area contributed by atoms with E-state index in [9.17, 15) is 0 Å². The second kappa shape index (κ2) is 3.60. The van der Waals surface area contributed by atoms with Crippen LogP contribution >= 0.6 is 11.3 Å². The first-order valence-electron chi connectivity index (χ1n) is 7.47. The van der Waals surface area contributed by atoms with Gasteiger partial charge < -0.3 is 4.40 Å². The van der Waals surface area contributed by atoms with Crippen molar-refractivity contribution in [3.8, 4) is 0 Å². The van der Waals surface area contributed by atoms with Crippen molar-refractivity contribution in [2.24, 2.45) is 0 Å². The van der Waals surface area contributed by atoms with E-state index in [-0.39, 0.29) is 0 Å². The molecule has 0 aliphatic heterocycles. The number of rotatable bonds is 0. The highest BCUT2D eigenvalue weighted by atomic mass is 32.1. The molecule has 4 heterocycles. The molecular weight excluding hydrogens is 286 g/mol. The van der Waals surface area contributed by atoms with E-state index in [1.54, 1.807) is 0 Å². The first-order chi connectivity index (χ1) is 10.9. The topological polar surface area (TPSA) is 4.41 Å². The Labute approximate surface area is 130 Å². The molecule has 0 bridgehead atoms. The first kappa shape index (κ1) is 11.0. The molecule has 0 N–H and O–H groups in total. The third kappa shape index (κ3) is 1.13. The number of nitrogens with zero attached hydrogens (tertiary/aromatic N) is 1. The zero-order valence-corrected chi connectivity index (χ0v) is 12.5. The van der Waals surface area contributed by atoms with Crippen molar-refractivity contribution in [3.05, 3.63) is 66.7 Å². The van der Waals surface area contributed by atoms with Crippen molar-refractivity contribution in [2.75, 3.05) is 0 Å². The Morgan fingerprint density at radius 3 is 2.59 bits per heavy atom. The van der Waals surface area contributed by atoms with Crippen LogP contribution in [0.4, 0.5) is 0 Å². The smallest absolute Gasteiger partial charge is 0.0641 e. The molecule has 102 valence electrons. The van der Waals surface area contributed by atoms with Gasteiger partial charge in [0.05, 0.1) is 15.7 Å². The second-order valence-corrected chi connectivity index (χ2v) is 6.91. The molecule has 0 aliphatic carbocycles. The van der Waals surface area contributed by atoms with Gasteiger partial charge in [-0.1, -0.05) is 42.5 Å². The summed E-state index contributed by atoms with van der Waals surface area (Å²) in [6.45, 7) is 0. The van der Waals surface area contributed by atoms with Crippen LogP contribution < -0.4 is 0 Å². The van der Waals surface area contributed by atoms with Gasteiger partial charge in [0.1, 0.15) is 0 Å². The molecule has 22 heavy (non-hydrogen) atoms. The predicted octanol–water partition coefficient (Wildman–Crippen LogP) is 6.05. The average Bonchev–Trinajstić information content (AvgIpc) is 3.16. The van der Waals surface area contributed by atoms with E-state index in [0.717, 1.165) is 0 Å². The molecule has 0 fully saturated rings. The fraction of sp³-hybridized carbons (Fsp3) is 0. The number of hydrogen-bond acceptors (Lipinski definition) is 1. The van der Waals surface area contributed by atoms with Gasteiger partial charge in [-0.15, -0.1) is 11.3 Å². The molecule has 0 radical (unpaired) electrons. The largest absolute Gasteiger partial charge is 0.308 e. The van der Waals surface area contributed by atoms with E-state index < -0.39 is 0 Å². The molecular formula is C20H11NS. The Kier molecular flexibility index (Phi) is 1.81. The summed E-state index contributed by atoms with van der Waals surface area (Å²) in [5, 5.41) is 5.45.